The maximum absolute atomic E-state index is 12.3. The molecule has 0 aliphatic heterocycles. The number of hydrogen-bond donors (Lipinski definition) is 8. The van der Waals surface area contributed by atoms with Gasteiger partial charge in [0.2, 0.25) is 0 Å². The summed E-state index contributed by atoms with van der Waals surface area (Å²) in [5.74, 6) is 3.80. The van der Waals surface area contributed by atoms with Crippen LogP contribution in [0, 0.1) is 0 Å². The van der Waals surface area contributed by atoms with Crippen molar-refractivity contribution in [2.75, 3.05) is 0 Å². The van der Waals surface area contributed by atoms with Crippen LogP contribution in [0.5, 0.6) is 0 Å². The minimum atomic E-state index is -4.47. The molecule has 15 aromatic carbocycles. The summed E-state index contributed by atoms with van der Waals surface area (Å²) >= 11 is 0. The van der Waals surface area contributed by atoms with Crippen molar-refractivity contribution in [3.05, 3.63) is 350 Å². The van der Waals surface area contributed by atoms with E-state index in [0.717, 1.165) is 172 Å². The Morgan fingerprint density at radius 3 is 0.843 bits per heavy atom. The van der Waals surface area contributed by atoms with E-state index < -0.39 is 40.5 Å². The van der Waals surface area contributed by atoms with Crippen molar-refractivity contribution in [1.82, 2.24) is 78.1 Å². The van der Waals surface area contributed by atoms with Gasteiger partial charge in [-0.3, -0.25) is 18.2 Å². The highest BCUT2D eigenvalue weighted by Crippen LogP contribution is 2.40. The van der Waals surface area contributed by atoms with Crippen molar-refractivity contribution in [3.8, 4) is 113 Å². The number of imidazole rings is 8. The Balaban J connectivity index is 0.534. The molecule has 0 unspecified atom stereocenters. The highest BCUT2D eigenvalue weighted by atomic mass is 32.2. The van der Waals surface area contributed by atoms with Crippen LogP contribution < -0.4 is 0 Å². The topological polar surface area (TPSA) is 403 Å². The van der Waals surface area contributed by atoms with E-state index in [1.54, 1.807) is 61.2 Å². The molecule has 32 heteroatoms. The first-order valence-electron chi connectivity index (χ1n) is 42.2. The van der Waals surface area contributed by atoms with E-state index in [2.05, 4.69) is 44.7 Å². The largest absolute Gasteiger partial charge is 0.345 e. The van der Waals surface area contributed by atoms with Crippen molar-refractivity contribution < 1.29 is 51.9 Å². The molecule has 8 aromatic heterocycles. The molecule has 0 fully saturated rings. The second-order valence-electron chi connectivity index (χ2n) is 33.1. The van der Waals surface area contributed by atoms with Gasteiger partial charge in [-0.05, 0) is 231 Å². The molecule has 0 saturated heterocycles. The molecule has 8 heterocycles. The summed E-state index contributed by atoms with van der Waals surface area (Å²) in [6.07, 6.45) is 3.41. The molecule has 654 valence electrons. The van der Waals surface area contributed by atoms with E-state index in [9.17, 15) is 51.9 Å². The summed E-state index contributed by atoms with van der Waals surface area (Å²) in [5.41, 5.74) is 27.8. The molecule has 0 aliphatic carbocycles. The van der Waals surface area contributed by atoms with Crippen LogP contribution in [0.2, 0.25) is 0 Å². The lowest BCUT2D eigenvalue weighted by atomic mass is 10.0. The molecule has 0 amide bonds. The zero-order valence-corrected chi connectivity index (χ0v) is 73.3. The zero-order valence-electron chi connectivity index (χ0n) is 70.1. The molecule has 28 nitrogen and oxygen atoms in total. The van der Waals surface area contributed by atoms with E-state index in [-0.39, 0.29) is 32.7 Å². The van der Waals surface area contributed by atoms with Gasteiger partial charge in [-0.25, -0.2) is 39.9 Å². The summed E-state index contributed by atoms with van der Waals surface area (Å²) in [4.78, 5) is 53.7. The highest BCUT2D eigenvalue weighted by molar-refractivity contribution is 7.86. The Morgan fingerprint density at radius 2 is 0.515 bits per heavy atom. The molecule has 0 atom stereocenters. The number of H-pyrrole nitrogens is 4. The van der Waals surface area contributed by atoms with Crippen LogP contribution in [0.15, 0.2) is 348 Å². The second-order valence-corrected chi connectivity index (χ2v) is 38.7. The number of nitrogens with one attached hydrogen (secondary N) is 4. The Bertz CT molecular complexity index is 9280. The zero-order chi connectivity index (χ0) is 91.2. The molecule has 8 N–H and O–H groups in total. The van der Waals surface area contributed by atoms with Crippen LogP contribution in [0.4, 0.5) is 0 Å². The fourth-order valence-corrected chi connectivity index (χ4v) is 19.7. The van der Waals surface area contributed by atoms with Gasteiger partial charge in [-0.15, -0.1) is 0 Å². The van der Waals surface area contributed by atoms with Crippen LogP contribution in [-0.2, 0) is 66.7 Å². The maximum atomic E-state index is 12.3. The fourth-order valence-electron chi connectivity index (χ4n) is 17.7. The standard InChI is InChI=1S/C102H70N16O12S4/c119-131(120,121)77-26-10-59(11-27-77)53-115-58-105-89-49-67(22-38-93(89)115)64-19-35-82-86(46-64)109-97(106-82)71-4-1-8-75(42-71)101-113-91-51-69(24-40-95(91)117(101)55-61-14-30-79(31-15-61)133(125,126)127)66-21-37-84-88(48-66)111-99(108-84)73-6-3-9-76(44-73)102-114-92-52-70(25-41-96(92)118(102)56-62-16-32-80(33-17-62)134(128,129)130)65-20-36-83-87(47-65)110-98(107-83)72-5-2-7-74(43-72)100-112-90-50-68(63-18-34-81-85(45-63)104-57-103-81)23-39-94(90)116(100)54-60-12-28-78(29-13-60)132(122,123)124/h1-52,57-58H,53-56H2,(H,103,104)(H,106,109)(H,107,110)(H,108,111)(H,119,120,121)(H,122,123,124)(H,125,126,127)(H,128,129,130). The molecule has 0 saturated carbocycles. The van der Waals surface area contributed by atoms with Crippen LogP contribution >= 0.6 is 0 Å². The third-order valence-electron chi connectivity index (χ3n) is 24.5. The number of nitrogens with zero attached hydrogens (tertiary/aromatic N) is 12. The highest BCUT2D eigenvalue weighted by Gasteiger charge is 2.25. The predicted molar refractivity (Wildman–Crippen MR) is 514 cm³/mol. The molecule has 23 rings (SSSR count). The van der Waals surface area contributed by atoms with Crippen molar-refractivity contribution >= 4 is 129 Å². The first-order chi connectivity index (χ1) is 64.7. The third kappa shape index (κ3) is 15.6. The van der Waals surface area contributed by atoms with Gasteiger partial charge >= 0.3 is 0 Å². The smallest absolute Gasteiger partial charge is 0.294 e. The van der Waals surface area contributed by atoms with E-state index >= 15 is 0 Å². The quantitative estimate of drug-likeness (QED) is 0.0292. The van der Waals surface area contributed by atoms with Crippen LogP contribution in [0.25, 0.3) is 201 Å². The van der Waals surface area contributed by atoms with Crippen molar-refractivity contribution in [1.29, 1.82) is 0 Å². The van der Waals surface area contributed by atoms with Gasteiger partial charge in [0.1, 0.15) is 34.9 Å². The first-order valence-corrected chi connectivity index (χ1v) is 48.0. The summed E-state index contributed by atoms with van der Waals surface area (Å²) in [6.45, 7) is 1.33. The minimum absolute atomic E-state index is 0.175. The molecule has 0 bridgehead atoms. The Hall–Kier alpha value is -16.3. The number of rotatable bonds is 22. The van der Waals surface area contributed by atoms with Crippen molar-refractivity contribution in [3.63, 3.8) is 0 Å². The van der Waals surface area contributed by atoms with Gasteiger partial charge in [-0.2, -0.15) is 33.7 Å². The lowest BCUT2D eigenvalue weighted by Crippen LogP contribution is -2.03. The van der Waals surface area contributed by atoms with Gasteiger partial charge < -0.3 is 38.2 Å². The van der Waals surface area contributed by atoms with Crippen molar-refractivity contribution in [2.45, 2.75) is 45.8 Å². The fraction of sp³-hybridized carbons (Fsp3) is 0.0392. The third-order valence-corrected chi connectivity index (χ3v) is 28.0. The van der Waals surface area contributed by atoms with Crippen LogP contribution in [0.3, 0.4) is 0 Å². The maximum Gasteiger partial charge on any atom is 0.294 e. The molecule has 0 radical (unpaired) electrons. The molecule has 0 aliphatic rings. The molecule has 0 spiro atoms. The SMILES string of the molecule is O=S(=O)(O)c1ccc(Cn2cnc3cc(-c4ccc5[nH]c(-c6cccc(-c7nc8cc(-c9ccc%10[nH]c(-c%11cccc(-c%12nc%13cc(-c%14ccc%15[nH]c(-c%16cccc(-c%17nc%18cc(-c%19ccc%20[nH]cnc%20c%19)ccc%18n%17Cc%17ccc(S(=O)(=O)O)cc%17)c%16)nc%15c%14)ccc%13n%12Cc%12ccc(S(=O)(=O)O)cc%12)c%11)nc%10c9)ccc8n7Cc7ccc(S(=O)(=O)O)cc7)c6)nc5c4)ccc32)cc1. The molecule has 23 aromatic rings. The lowest BCUT2D eigenvalue weighted by Gasteiger charge is -2.11. The van der Waals surface area contributed by atoms with Gasteiger partial charge in [0.25, 0.3) is 40.5 Å². The summed E-state index contributed by atoms with van der Waals surface area (Å²) in [7, 11) is -17.7. The molecular weight excluding hydrogens is 1770 g/mol. The van der Waals surface area contributed by atoms with E-state index in [1.165, 1.54) is 48.5 Å². The number of fused-ring (bicyclic) bond motifs is 8. The van der Waals surface area contributed by atoms with Crippen molar-refractivity contribution in [2.24, 2.45) is 0 Å². The van der Waals surface area contributed by atoms with Crippen LogP contribution in [-0.4, -0.2) is 130 Å². The average molecular weight is 1840 g/mol. The van der Waals surface area contributed by atoms with Gasteiger partial charge in [0.15, 0.2) is 0 Å². The number of aromatic amines is 4. The lowest BCUT2D eigenvalue weighted by molar-refractivity contribution is 0.481. The van der Waals surface area contributed by atoms with E-state index in [0.29, 0.717) is 64.6 Å². The molecule has 134 heavy (non-hydrogen) atoms. The predicted octanol–water partition coefficient (Wildman–Crippen LogP) is 20.4. The Kier molecular flexibility index (Phi) is 19.5. The van der Waals surface area contributed by atoms with Crippen LogP contribution in [0.1, 0.15) is 22.3 Å². The summed E-state index contributed by atoms with van der Waals surface area (Å²) < 4.78 is 144. The number of aromatic nitrogens is 16. The number of benzene rings is 15. The van der Waals surface area contributed by atoms with Gasteiger partial charge in [-0.1, -0.05) is 152 Å². The first kappa shape index (κ1) is 82.1. The monoisotopic (exact) mass is 1840 g/mol. The number of hydrogen-bond acceptors (Lipinski definition) is 16. The van der Waals surface area contributed by atoms with E-state index in [4.69, 9.17) is 34.9 Å². The minimum Gasteiger partial charge on any atom is -0.345 e. The summed E-state index contributed by atoms with van der Waals surface area (Å²) in [5, 5.41) is 0. The normalized spacial score (nSPS) is 12.4. The second kappa shape index (κ2) is 31.8. The van der Waals surface area contributed by atoms with Gasteiger partial charge in [0, 0.05) is 59.6 Å². The Labute approximate surface area is 762 Å². The molecular formula is C102H70N16O12S4. The summed E-state index contributed by atoms with van der Waals surface area (Å²) in [6, 6.07) is 97.0. The van der Waals surface area contributed by atoms with Gasteiger partial charge in [0.05, 0.1) is 121 Å². The Morgan fingerprint density at radius 1 is 0.239 bits per heavy atom. The van der Waals surface area contributed by atoms with E-state index in [1.807, 2.05) is 217 Å². The average Bonchev–Trinajstić information content (AvgIpc) is 1.61.